The maximum absolute atomic E-state index is 11.3. The van der Waals surface area contributed by atoms with Gasteiger partial charge < -0.3 is 4.98 Å². The van der Waals surface area contributed by atoms with Gasteiger partial charge >= 0.3 is 0 Å². The minimum absolute atomic E-state index is 0.00629. The Morgan fingerprint density at radius 2 is 1.94 bits per heavy atom. The van der Waals surface area contributed by atoms with Gasteiger partial charge in [0.2, 0.25) is 0 Å². The predicted octanol–water partition coefficient (Wildman–Crippen LogP) is 2.11. The number of non-ortho nitro benzene ring substituents is 1. The quantitative estimate of drug-likeness (QED) is 0.679. The number of nitrogens with zero attached hydrogens (tertiary/aromatic N) is 2. The van der Waals surface area contributed by atoms with Crippen molar-refractivity contribution in [1.29, 1.82) is 0 Å². The summed E-state index contributed by atoms with van der Waals surface area (Å²) in [5.74, 6) is 0.369. The van der Waals surface area contributed by atoms with Crippen LogP contribution in [0.3, 0.4) is 0 Å². The van der Waals surface area contributed by atoms with E-state index in [9.17, 15) is 14.9 Å². The molecule has 0 saturated carbocycles. The lowest BCUT2D eigenvalue weighted by molar-refractivity contribution is -0.384. The van der Waals surface area contributed by atoms with Crippen molar-refractivity contribution in [2.75, 3.05) is 0 Å². The number of hydrogen-bond acceptors (Lipinski definition) is 4. The van der Waals surface area contributed by atoms with Crippen molar-refractivity contribution in [2.24, 2.45) is 0 Å². The maximum atomic E-state index is 11.3. The summed E-state index contributed by atoms with van der Waals surface area (Å²) in [6, 6.07) is 5.78. The summed E-state index contributed by atoms with van der Waals surface area (Å²) in [6.07, 6.45) is 1.38. The molecule has 1 aromatic heterocycles. The van der Waals surface area contributed by atoms with E-state index in [0.29, 0.717) is 15.9 Å². The highest BCUT2D eigenvalue weighted by atomic mass is 79.9. The van der Waals surface area contributed by atoms with Gasteiger partial charge in [-0.3, -0.25) is 14.9 Å². The molecule has 0 aliphatic carbocycles. The van der Waals surface area contributed by atoms with Crippen molar-refractivity contribution in [3.63, 3.8) is 0 Å². The van der Waals surface area contributed by atoms with Crippen LogP contribution in [0.4, 0.5) is 5.69 Å². The average molecular weight is 296 g/mol. The molecule has 0 fully saturated rings. The third-order valence-electron chi connectivity index (χ3n) is 2.11. The van der Waals surface area contributed by atoms with Gasteiger partial charge in [-0.25, -0.2) is 4.98 Å². The zero-order valence-electron chi connectivity index (χ0n) is 8.38. The number of nitro groups is 1. The number of aromatic amines is 1. The first-order chi connectivity index (χ1) is 8.08. The molecule has 0 radical (unpaired) electrons. The van der Waals surface area contributed by atoms with Crippen molar-refractivity contribution in [2.45, 2.75) is 0 Å². The molecular formula is C10H6BrN3O3. The normalized spacial score (nSPS) is 10.2. The summed E-state index contributed by atoms with van der Waals surface area (Å²) in [7, 11) is 0. The second-order valence-electron chi connectivity index (χ2n) is 3.21. The van der Waals surface area contributed by atoms with Gasteiger partial charge in [-0.15, -0.1) is 0 Å². The van der Waals surface area contributed by atoms with E-state index in [1.807, 2.05) is 0 Å². The van der Waals surface area contributed by atoms with Gasteiger partial charge in [-0.05, 0) is 28.1 Å². The number of H-pyrrole nitrogens is 1. The molecule has 0 spiro atoms. The van der Waals surface area contributed by atoms with Gasteiger partial charge in [0.05, 0.1) is 4.92 Å². The smallest absolute Gasteiger partial charge is 0.269 e. The minimum atomic E-state index is -0.485. The van der Waals surface area contributed by atoms with Crippen LogP contribution in [0.1, 0.15) is 0 Å². The molecule has 2 aromatic rings. The fourth-order valence-corrected chi connectivity index (χ4v) is 1.47. The molecule has 0 saturated heterocycles. The third-order valence-corrected chi connectivity index (χ3v) is 2.67. The first-order valence-electron chi connectivity index (χ1n) is 4.57. The van der Waals surface area contributed by atoms with E-state index >= 15 is 0 Å². The van der Waals surface area contributed by atoms with Crippen LogP contribution in [0.15, 0.2) is 39.7 Å². The topological polar surface area (TPSA) is 88.9 Å². The van der Waals surface area contributed by atoms with Crippen LogP contribution in [0.25, 0.3) is 11.4 Å². The lowest BCUT2D eigenvalue weighted by Gasteiger charge is -2.00. The number of rotatable bonds is 2. The van der Waals surface area contributed by atoms with Crippen LogP contribution in [0.5, 0.6) is 0 Å². The summed E-state index contributed by atoms with van der Waals surface area (Å²) in [6.45, 7) is 0. The van der Waals surface area contributed by atoms with Gasteiger partial charge in [-0.2, -0.15) is 0 Å². The van der Waals surface area contributed by atoms with Crippen molar-refractivity contribution < 1.29 is 4.92 Å². The molecule has 0 aliphatic rings. The fraction of sp³-hybridized carbons (Fsp3) is 0. The Morgan fingerprint density at radius 1 is 1.29 bits per heavy atom. The van der Waals surface area contributed by atoms with Gasteiger partial charge in [0.25, 0.3) is 11.2 Å². The van der Waals surface area contributed by atoms with Gasteiger partial charge in [0.15, 0.2) is 0 Å². The van der Waals surface area contributed by atoms with E-state index in [4.69, 9.17) is 0 Å². The molecule has 86 valence electrons. The standard InChI is InChI=1S/C10H6BrN3O3/c11-8-5-12-9(13-10(8)15)6-1-3-7(4-2-6)14(16)17/h1-5H,(H,12,13,15). The molecule has 0 atom stereocenters. The SMILES string of the molecule is O=c1[nH]c(-c2ccc([N+](=O)[O-])cc2)ncc1Br. The lowest BCUT2D eigenvalue weighted by Crippen LogP contribution is -2.08. The van der Waals surface area contributed by atoms with Gasteiger partial charge in [0, 0.05) is 23.9 Å². The zero-order chi connectivity index (χ0) is 12.4. The third kappa shape index (κ3) is 2.39. The highest BCUT2D eigenvalue weighted by Crippen LogP contribution is 2.18. The van der Waals surface area contributed by atoms with E-state index in [-0.39, 0.29) is 11.2 Å². The molecule has 1 aromatic carbocycles. The van der Waals surface area contributed by atoms with Crippen LogP contribution in [0.2, 0.25) is 0 Å². The number of nitro benzene ring substituents is 1. The van der Waals surface area contributed by atoms with E-state index in [1.54, 1.807) is 0 Å². The molecule has 6 nitrogen and oxygen atoms in total. The summed E-state index contributed by atoms with van der Waals surface area (Å²) in [4.78, 5) is 27.9. The van der Waals surface area contributed by atoms with Gasteiger partial charge in [0.1, 0.15) is 10.3 Å². The Labute approximate surface area is 104 Å². The summed E-state index contributed by atoms with van der Waals surface area (Å²) < 4.78 is 0.336. The Bertz CT molecular complexity index is 621. The number of aromatic nitrogens is 2. The predicted molar refractivity (Wildman–Crippen MR) is 64.6 cm³/mol. The number of hydrogen-bond donors (Lipinski definition) is 1. The Hall–Kier alpha value is -2.02. The van der Waals surface area contributed by atoms with Gasteiger partial charge in [-0.1, -0.05) is 0 Å². The van der Waals surface area contributed by atoms with Crippen LogP contribution in [-0.2, 0) is 0 Å². The van der Waals surface area contributed by atoms with Crippen molar-refractivity contribution in [1.82, 2.24) is 9.97 Å². The molecule has 2 rings (SSSR count). The van der Waals surface area contributed by atoms with E-state index in [0.717, 1.165) is 0 Å². The number of halogens is 1. The number of nitrogens with one attached hydrogen (secondary N) is 1. The van der Waals surface area contributed by atoms with Crippen molar-refractivity contribution in [3.8, 4) is 11.4 Å². The molecule has 0 aliphatic heterocycles. The second-order valence-corrected chi connectivity index (χ2v) is 4.07. The minimum Gasteiger partial charge on any atom is -0.306 e. The molecule has 17 heavy (non-hydrogen) atoms. The number of benzene rings is 1. The highest BCUT2D eigenvalue weighted by molar-refractivity contribution is 9.10. The first-order valence-corrected chi connectivity index (χ1v) is 5.37. The van der Waals surface area contributed by atoms with E-state index < -0.39 is 4.92 Å². The summed E-state index contributed by atoms with van der Waals surface area (Å²) in [5, 5.41) is 10.5. The maximum Gasteiger partial charge on any atom is 0.269 e. The average Bonchev–Trinajstić information content (AvgIpc) is 2.33. The van der Waals surface area contributed by atoms with Crippen LogP contribution < -0.4 is 5.56 Å². The zero-order valence-corrected chi connectivity index (χ0v) is 9.97. The van der Waals surface area contributed by atoms with Crippen molar-refractivity contribution >= 4 is 21.6 Å². The van der Waals surface area contributed by atoms with Crippen LogP contribution in [0, 0.1) is 10.1 Å². The first kappa shape index (κ1) is 11.5. The highest BCUT2D eigenvalue weighted by Gasteiger charge is 2.07. The molecular weight excluding hydrogens is 290 g/mol. The lowest BCUT2D eigenvalue weighted by atomic mass is 10.2. The largest absolute Gasteiger partial charge is 0.306 e. The molecule has 0 bridgehead atoms. The Balaban J connectivity index is 2.43. The molecule has 7 heteroatoms. The second kappa shape index (κ2) is 4.46. The monoisotopic (exact) mass is 295 g/mol. The fourth-order valence-electron chi connectivity index (χ4n) is 1.27. The Morgan fingerprint density at radius 3 is 2.47 bits per heavy atom. The molecule has 1 heterocycles. The molecule has 0 amide bonds. The van der Waals surface area contributed by atoms with E-state index in [2.05, 4.69) is 25.9 Å². The Kier molecular flexibility index (Phi) is 3.01. The van der Waals surface area contributed by atoms with Crippen molar-refractivity contribution in [3.05, 3.63) is 55.4 Å². The summed E-state index contributed by atoms with van der Waals surface area (Å²) >= 11 is 3.04. The van der Waals surface area contributed by atoms with Crippen LogP contribution >= 0.6 is 15.9 Å². The molecule has 1 N–H and O–H groups in total. The summed E-state index contributed by atoms with van der Waals surface area (Å²) in [5.41, 5.74) is 0.307. The van der Waals surface area contributed by atoms with Crippen LogP contribution in [-0.4, -0.2) is 14.9 Å². The molecule has 0 unspecified atom stereocenters. The van der Waals surface area contributed by atoms with E-state index in [1.165, 1.54) is 30.5 Å².